The molecule has 0 atom stereocenters. The first-order valence-corrected chi connectivity index (χ1v) is 9.70. The van der Waals surface area contributed by atoms with Gasteiger partial charge in [-0.1, -0.05) is 25.1 Å². The summed E-state index contributed by atoms with van der Waals surface area (Å²) in [6.45, 7) is 2.42. The minimum absolute atomic E-state index is 0.152. The zero-order valence-corrected chi connectivity index (χ0v) is 16.5. The number of aryl methyl sites for hydroxylation is 1. The van der Waals surface area contributed by atoms with Gasteiger partial charge in [-0.25, -0.2) is 4.98 Å². The molecule has 0 radical (unpaired) electrons. The standard InChI is InChI=1S/C23H21N5O2/c1-2-16-6-8-18(9-7-16)26-23(30)21-27-20(19-5-3-4-14-28(19)21)22(29)25-15-17-10-12-24-13-11-17/h3-14H,2,15H2,1H3,(H,25,29)(H,26,30). The molecule has 30 heavy (non-hydrogen) atoms. The summed E-state index contributed by atoms with van der Waals surface area (Å²) in [4.78, 5) is 34.0. The van der Waals surface area contributed by atoms with E-state index in [9.17, 15) is 9.59 Å². The third kappa shape index (κ3) is 4.05. The molecule has 0 aliphatic carbocycles. The number of carbonyl (C=O) groups is 2. The van der Waals surface area contributed by atoms with E-state index in [0.717, 1.165) is 12.0 Å². The van der Waals surface area contributed by atoms with Gasteiger partial charge in [0.25, 0.3) is 11.8 Å². The number of hydrogen-bond acceptors (Lipinski definition) is 4. The van der Waals surface area contributed by atoms with E-state index in [1.165, 1.54) is 5.56 Å². The summed E-state index contributed by atoms with van der Waals surface area (Å²) in [5.74, 6) is -0.574. The Labute approximate surface area is 173 Å². The number of fused-ring (bicyclic) bond motifs is 1. The van der Waals surface area contributed by atoms with Gasteiger partial charge in [-0.15, -0.1) is 0 Å². The molecule has 0 aliphatic rings. The largest absolute Gasteiger partial charge is 0.347 e. The number of aromatic nitrogens is 3. The molecule has 0 spiro atoms. The molecule has 0 bridgehead atoms. The zero-order chi connectivity index (χ0) is 20.9. The average Bonchev–Trinajstić information content (AvgIpc) is 3.19. The summed E-state index contributed by atoms with van der Waals surface area (Å²) in [7, 11) is 0. The van der Waals surface area contributed by atoms with Crippen LogP contribution in [0.2, 0.25) is 0 Å². The minimum Gasteiger partial charge on any atom is -0.347 e. The van der Waals surface area contributed by atoms with E-state index in [2.05, 4.69) is 27.5 Å². The van der Waals surface area contributed by atoms with Gasteiger partial charge in [-0.3, -0.25) is 19.0 Å². The number of benzene rings is 1. The topological polar surface area (TPSA) is 88.4 Å². The maximum atomic E-state index is 12.9. The molecule has 7 nitrogen and oxygen atoms in total. The second-order valence-electron chi connectivity index (χ2n) is 6.78. The Morgan fingerprint density at radius 2 is 1.70 bits per heavy atom. The SMILES string of the molecule is CCc1ccc(NC(=O)c2nc(C(=O)NCc3ccncc3)c3ccccn23)cc1. The second kappa shape index (κ2) is 8.57. The molecule has 4 rings (SSSR count). The lowest BCUT2D eigenvalue weighted by atomic mass is 10.1. The molecule has 0 aliphatic heterocycles. The zero-order valence-electron chi connectivity index (χ0n) is 16.5. The summed E-state index contributed by atoms with van der Waals surface area (Å²) in [6, 6.07) is 16.7. The summed E-state index contributed by atoms with van der Waals surface area (Å²) in [5.41, 5.74) is 3.56. The summed E-state index contributed by atoms with van der Waals surface area (Å²) >= 11 is 0. The number of anilines is 1. The molecule has 2 N–H and O–H groups in total. The molecule has 4 aromatic rings. The van der Waals surface area contributed by atoms with Gasteiger partial charge in [0.1, 0.15) is 0 Å². The molecule has 0 fully saturated rings. The molecule has 0 unspecified atom stereocenters. The Kier molecular flexibility index (Phi) is 5.52. The van der Waals surface area contributed by atoms with Crippen LogP contribution in [0.25, 0.3) is 5.52 Å². The van der Waals surface area contributed by atoms with Crippen molar-refractivity contribution in [3.8, 4) is 0 Å². The van der Waals surface area contributed by atoms with Crippen molar-refractivity contribution in [1.29, 1.82) is 0 Å². The lowest BCUT2D eigenvalue weighted by Crippen LogP contribution is -2.23. The fourth-order valence-electron chi connectivity index (χ4n) is 3.14. The predicted molar refractivity (Wildman–Crippen MR) is 114 cm³/mol. The van der Waals surface area contributed by atoms with Crippen molar-refractivity contribution < 1.29 is 9.59 Å². The van der Waals surface area contributed by atoms with Crippen molar-refractivity contribution >= 4 is 23.0 Å². The average molecular weight is 399 g/mol. The van der Waals surface area contributed by atoms with Gasteiger partial charge in [0.15, 0.2) is 5.69 Å². The molecular weight excluding hydrogens is 378 g/mol. The van der Waals surface area contributed by atoms with Crippen LogP contribution in [0, 0.1) is 0 Å². The van der Waals surface area contributed by atoms with Crippen molar-refractivity contribution in [2.75, 3.05) is 5.32 Å². The number of pyridine rings is 2. The number of hydrogen-bond donors (Lipinski definition) is 2. The number of imidazole rings is 1. The Bertz CT molecular complexity index is 1180. The highest BCUT2D eigenvalue weighted by molar-refractivity contribution is 6.06. The fourth-order valence-corrected chi connectivity index (χ4v) is 3.14. The second-order valence-corrected chi connectivity index (χ2v) is 6.78. The molecule has 0 saturated carbocycles. The van der Waals surface area contributed by atoms with Gasteiger partial charge in [-0.2, -0.15) is 0 Å². The molecule has 1 aromatic carbocycles. The van der Waals surface area contributed by atoms with Gasteiger partial charge in [0.2, 0.25) is 5.82 Å². The number of nitrogens with zero attached hydrogens (tertiary/aromatic N) is 3. The third-order valence-electron chi connectivity index (χ3n) is 4.79. The van der Waals surface area contributed by atoms with Crippen LogP contribution in [0.15, 0.2) is 73.2 Å². The highest BCUT2D eigenvalue weighted by Gasteiger charge is 2.21. The van der Waals surface area contributed by atoms with Crippen LogP contribution in [0.3, 0.4) is 0 Å². The van der Waals surface area contributed by atoms with E-state index < -0.39 is 0 Å². The fraction of sp³-hybridized carbons (Fsp3) is 0.130. The molecule has 3 heterocycles. The van der Waals surface area contributed by atoms with Crippen LogP contribution in [0.5, 0.6) is 0 Å². The Morgan fingerprint density at radius 1 is 0.933 bits per heavy atom. The van der Waals surface area contributed by atoms with Crippen molar-refractivity contribution in [2.24, 2.45) is 0 Å². The van der Waals surface area contributed by atoms with Gasteiger partial charge in [0, 0.05) is 30.8 Å². The first-order chi connectivity index (χ1) is 14.7. The van der Waals surface area contributed by atoms with Crippen molar-refractivity contribution in [3.05, 3.63) is 95.8 Å². The molecule has 0 saturated heterocycles. The molecule has 7 heteroatoms. The lowest BCUT2D eigenvalue weighted by molar-refractivity contribution is 0.0948. The maximum Gasteiger partial charge on any atom is 0.292 e. The van der Waals surface area contributed by atoms with Gasteiger partial charge in [0.05, 0.1) is 5.52 Å². The monoisotopic (exact) mass is 399 g/mol. The van der Waals surface area contributed by atoms with Crippen LogP contribution >= 0.6 is 0 Å². The van der Waals surface area contributed by atoms with E-state index in [-0.39, 0.29) is 23.3 Å². The van der Waals surface area contributed by atoms with E-state index in [1.54, 1.807) is 35.1 Å². The van der Waals surface area contributed by atoms with Gasteiger partial charge < -0.3 is 10.6 Å². The van der Waals surface area contributed by atoms with Gasteiger partial charge >= 0.3 is 0 Å². The van der Waals surface area contributed by atoms with Crippen molar-refractivity contribution in [1.82, 2.24) is 19.7 Å². The number of carbonyl (C=O) groups excluding carboxylic acids is 2. The maximum absolute atomic E-state index is 12.9. The Morgan fingerprint density at radius 3 is 2.43 bits per heavy atom. The Hall–Kier alpha value is -4.00. The number of nitrogens with one attached hydrogen (secondary N) is 2. The van der Waals surface area contributed by atoms with Crippen LogP contribution < -0.4 is 10.6 Å². The molecule has 2 amide bonds. The first-order valence-electron chi connectivity index (χ1n) is 9.70. The van der Waals surface area contributed by atoms with E-state index >= 15 is 0 Å². The van der Waals surface area contributed by atoms with Crippen LogP contribution in [-0.2, 0) is 13.0 Å². The highest BCUT2D eigenvalue weighted by atomic mass is 16.2. The third-order valence-corrected chi connectivity index (χ3v) is 4.79. The quantitative estimate of drug-likeness (QED) is 0.520. The summed E-state index contributed by atoms with van der Waals surface area (Å²) in [5, 5.41) is 5.70. The van der Waals surface area contributed by atoms with E-state index in [0.29, 0.717) is 17.7 Å². The van der Waals surface area contributed by atoms with Crippen molar-refractivity contribution in [2.45, 2.75) is 19.9 Å². The van der Waals surface area contributed by atoms with Crippen LogP contribution in [0.1, 0.15) is 39.2 Å². The first kappa shape index (κ1) is 19.3. The van der Waals surface area contributed by atoms with E-state index in [1.807, 2.05) is 42.5 Å². The molecular formula is C23H21N5O2. The van der Waals surface area contributed by atoms with E-state index in [4.69, 9.17) is 0 Å². The smallest absolute Gasteiger partial charge is 0.292 e. The van der Waals surface area contributed by atoms with Crippen LogP contribution in [-0.4, -0.2) is 26.2 Å². The number of rotatable bonds is 6. The molecule has 3 aromatic heterocycles. The summed E-state index contributed by atoms with van der Waals surface area (Å²) in [6.07, 6.45) is 5.99. The Balaban J connectivity index is 1.58. The number of amides is 2. The molecule has 150 valence electrons. The van der Waals surface area contributed by atoms with Crippen LogP contribution in [0.4, 0.5) is 5.69 Å². The van der Waals surface area contributed by atoms with Gasteiger partial charge in [-0.05, 0) is 53.9 Å². The summed E-state index contributed by atoms with van der Waals surface area (Å²) < 4.78 is 1.62. The lowest BCUT2D eigenvalue weighted by Gasteiger charge is -2.05. The predicted octanol–water partition coefficient (Wildman–Crippen LogP) is 3.47. The van der Waals surface area contributed by atoms with Crippen molar-refractivity contribution in [3.63, 3.8) is 0 Å². The normalized spacial score (nSPS) is 10.7. The highest BCUT2D eigenvalue weighted by Crippen LogP contribution is 2.16. The minimum atomic E-state index is -0.381.